The summed E-state index contributed by atoms with van der Waals surface area (Å²) < 4.78 is 14.3. The second-order valence-electron chi connectivity index (χ2n) is 1.72. The summed E-state index contributed by atoms with van der Waals surface area (Å²) in [7, 11) is 3.23. The standard InChI is InChI=1S/C4H10N2O2S/c1-4(7)5-9(8)6(2)3/h1-3H3,(H,5,7). The third kappa shape index (κ3) is 4.26. The van der Waals surface area contributed by atoms with Crippen molar-refractivity contribution >= 4 is 17.5 Å². The molecular formula is C4H10N2O2S. The number of nitrogens with zero attached hydrogens (tertiary/aromatic N) is 1. The molecule has 0 bridgehead atoms. The first-order chi connectivity index (χ1) is 4.04. The lowest BCUT2D eigenvalue weighted by Gasteiger charge is -2.12. The zero-order valence-corrected chi connectivity index (χ0v) is 6.49. The highest BCUT2D eigenvalue weighted by molar-refractivity contribution is 7.87. The monoisotopic (exact) mass is 150 g/mol. The third-order valence-electron chi connectivity index (χ3n) is 0.563. The zero-order chi connectivity index (χ0) is 7.44. The van der Waals surface area contributed by atoms with Gasteiger partial charge in [0.25, 0.3) is 5.91 Å². The van der Waals surface area contributed by atoms with E-state index in [-0.39, 0.29) is 5.91 Å². The molecular weight excluding hydrogens is 140 g/mol. The summed E-state index contributed by atoms with van der Waals surface area (Å²) in [6.45, 7) is 1.32. The fraction of sp³-hybridized carbons (Fsp3) is 0.750. The van der Waals surface area contributed by atoms with Gasteiger partial charge < -0.3 is 4.55 Å². The normalized spacial score (nSPS) is 13.4. The third-order valence-corrected chi connectivity index (χ3v) is 1.69. The molecule has 5 heteroatoms. The Morgan fingerprint density at radius 3 is 2.22 bits per heavy atom. The average Bonchev–Trinajstić information content (AvgIpc) is 1.63. The molecule has 0 aromatic rings. The van der Waals surface area contributed by atoms with Crippen LogP contribution in [0.15, 0.2) is 0 Å². The molecule has 4 nitrogen and oxygen atoms in total. The van der Waals surface area contributed by atoms with Crippen LogP contribution >= 0.6 is 0 Å². The molecule has 0 aliphatic rings. The molecule has 1 amide bonds. The first kappa shape index (κ1) is 8.74. The van der Waals surface area contributed by atoms with Gasteiger partial charge in [-0.3, -0.25) is 4.79 Å². The van der Waals surface area contributed by atoms with Gasteiger partial charge in [-0.05, 0) is 0 Å². The fourth-order valence-electron chi connectivity index (χ4n) is 0.214. The Hall–Kier alpha value is -0.260. The SMILES string of the molecule is CC(=O)N[S+]([O-])N(C)C. The minimum Gasteiger partial charge on any atom is -0.573 e. The largest absolute Gasteiger partial charge is 0.573 e. The van der Waals surface area contributed by atoms with Crippen molar-refractivity contribution < 1.29 is 9.35 Å². The quantitative estimate of drug-likeness (QED) is 0.528. The molecule has 0 spiro atoms. The number of nitrogens with one attached hydrogen (secondary N) is 1. The van der Waals surface area contributed by atoms with Crippen molar-refractivity contribution in [2.24, 2.45) is 0 Å². The van der Waals surface area contributed by atoms with Gasteiger partial charge in [0.05, 0.1) is 0 Å². The Morgan fingerprint density at radius 1 is 1.67 bits per heavy atom. The molecule has 0 radical (unpaired) electrons. The van der Waals surface area contributed by atoms with E-state index in [4.69, 9.17) is 0 Å². The first-order valence-corrected chi connectivity index (χ1v) is 3.51. The topological polar surface area (TPSA) is 55.4 Å². The van der Waals surface area contributed by atoms with E-state index < -0.39 is 11.5 Å². The molecule has 0 aliphatic carbocycles. The van der Waals surface area contributed by atoms with Crippen molar-refractivity contribution in [2.75, 3.05) is 14.1 Å². The van der Waals surface area contributed by atoms with E-state index in [9.17, 15) is 9.35 Å². The Bertz CT molecular complexity index is 107. The van der Waals surface area contributed by atoms with E-state index in [0.29, 0.717) is 0 Å². The van der Waals surface area contributed by atoms with E-state index in [1.54, 1.807) is 14.1 Å². The lowest BCUT2D eigenvalue weighted by atomic mass is 10.8. The Balaban J connectivity index is 3.50. The van der Waals surface area contributed by atoms with Crippen LogP contribution in [-0.4, -0.2) is 28.9 Å². The van der Waals surface area contributed by atoms with Crippen molar-refractivity contribution in [3.8, 4) is 0 Å². The van der Waals surface area contributed by atoms with Crippen molar-refractivity contribution in [3.63, 3.8) is 0 Å². The molecule has 1 unspecified atom stereocenters. The van der Waals surface area contributed by atoms with Crippen LogP contribution in [-0.2, 0) is 16.3 Å². The zero-order valence-electron chi connectivity index (χ0n) is 5.67. The molecule has 1 atom stereocenters. The van der Waals surface area contributed by atoms with Gasteiger partial charge >= 0.3 is 0 Å². The van der Waals surface area contributed by atoms with Crippen molar-refractivity contribution in [1.29, 1.82) is 0 Å². The number of hydrogen-bond acceptors (Lipinski definition) is 3. The number of amides is 1. The first-order valence-electron chi connectivity index (χ1n) is 2.40. The molecule has 0 rings (SSSR count). The molecule has 54 valence electrons. The number of rotatable bonds is 2. The van der Waals surface area contributed by atoms with Crippen LogP contribution in [0.3, 0.4) is 0 Å². The van der Waals surface area contributed by atoms with E-state index in [0.717, 1.165) is 0 Å². The van der Waals surface area contributed by atoms with Crippen molar-refractivity contribution in [3.05, 3.63) is 0 Å². The highest BCUT2D eigenvalue weighted by Crippen LogP contribution is 1.85. The summed E-state index contributed by atoms with van der Waals surface area (Å²) in [5.41, 5.74) is 0. The molecule has 0 aliphatic heterocycles. The Morgan fingerprint density at radius 2 is 2.11 bits per heavy atom. The van der Waals surface area contributed by atoms with Crippen LogP contribution in [0, 0.1) is 0 Å². The smallest absolute Gasteiger partial charge is 0.259 e. The van der Waals surface area contributed by atoms with Gasteiger partial charge in [-0.2, -0.15) is 4.72 Å². The van der Waals surface area contributed by atoms with E-state index in [1.165, 1.54) is 11.2 Å². The molecule has 9 heavy (non-hydrogen) atoms. The number of carbonyl (C=O) groups is 1. The summed E-state index contributed by atoms with van der Waals surface area (Å²) in [4.78, 5) is 10.2. The maximum Gasteiger partial charge on any atom is 0.259 e. The Kier molecular flexibility index (Phi) is 3.60. The summed E-state index contributed by atoms with van der Waals surface area (Å²) >= 11 is -1.37. The second-order valence-corrected chi connectivity index (χ2v) is 3.15. The van der Waals surface area contributed by atoms with E-state index in [1.807, 2.05) is 0 Å². The summed E-state index contributed by atoms with van der Waals surface area (Å²) in [6, 6.07) is 0. The molecule has 0 saturated heterocycles. The minimum atomic E-state index is -1.37. The molecule has 1 N–H and O–H groups in total. The summed E-state index contributed by atoms with van der Waals surface area (Å²) in [6.07, 6.45) is 0. The molecule has 0 aromatic heterocycles. The van der Waals surface area contributed by atoms with Gasteiger partial charge in [0.2, 0.25) is 0 Å². The number of hydrogen-bond donors (Lipinski definition) is 1. The van der Waals surface area contributed by atoms with Gasteiger partial charge in [-0.15, -0.1) is 4.31 Å². The van der Waals surface area contributed by atoms with Crippen LogP contribution in [0.1, 0.15) is 6.92 Å². The van der Waals surface area contributed by atoms with Crippen molar-refractivity contribution in [1.82, 2.24) is 9.03 Å². The van der Waals surface area contributed by atoms with Crippen LogP contribution in [0.25, 0.3) is 0 Å². The van der Waals surface area contributed by atoms with Gasteiger partial charge in [0, 0.05) is 21.0 Å². The van der Waals surface area contributed by atoms with Gasteiger partial charge in [-0.25, -0.2) is 0 Å². The Labute approximate surface area is 57.7 Å². The highest BCUT2D eigenvalue weighted by atomic mass is 32.2. The number of carbonyl (C=O) groups excluding carboxylic acids is 1. The van der Waals surface area contributed by atoms with Crippen LogP contribution in [0.5, 0.6) is 0 Å². The maximum atomic E-state index is 10.7. The van der Waals surface area contributed by atoms with Crippen molar-refractivity contribution in [2.45, 2.75) is 6.92 Å². The second kappa shape index (κ2) is 3.71. The van der Waals surface area contributed by atoms with Crippen LogP contribution < -0.4 is 4.72 Å². The molecule has 0 aromatic carbocycles. The van der Waals surface area contributed by atoms with Crippen LogP contribution in [0.4, 0.5) is 0 Å². The summed E-state index contributed by atoms with van der Waals surface area (Å²) in [5.74, 6) is -0.290. The minimum absolute atomic E-state index is 0.290. The predicted molar refractivity (Wildman–Crippen MR) is 35.6 cm³/mol. The van der Waals surface area contributed by atoms with Gasteiger partial charge in [0.15, 0.2) is 11.5 Å². The van der Waals surface area contributed by atoms with Gasteiger partial charge in [0.1, 0.15) is 0 Å². The molecule has 0 fully saturated rings. The molecule has 0 saturated carbocycles. The lowest BCUT2D eigenvalue weighted by molar-refractivity contribution is -0.117. The predicted octanol–water partition coefficient (Wildman–Crippen LogP) is -0.737. The highest BCUT2D eigenvalue weighted by Gasteiger charge is 2.09. The summed E-state index contributed by atoms with van der Waals surface area (Å²) in [5, 5.41) is 0. The fourth-order valence-corrected chi connectivity index (χ4v) is 0.643. The van der Waals surface area contributed by atoms with E-state index >= 15 is 0 Å². The van der Waals surface area contributed by atoms with E-state index in [2.05, 4.69) is 4.72 Å². The lowest BCUT2D eigenvalue weighted by Crippen LogP contribution is -2.38. The maximum absolute atomic E-state index is 10.7. The van der Waals surface area contributed by atoms with Gasteiger partial charge in [-0.1, -0.05) is 0 Å². The molecule has 0 heterocycles. The average molecular weight is 150 g/mol. The van der Waals surface area contributed by atoms with Crippen LogP contribution in [0.2, 0.25) is 0 Å².